The maximum absolute atomic E-state index is 12.5. The van der Waals surface area contributed by atoms with Gasteiger partial charge in [-0.25, -0.2) is 14.4 Å². The van der Waals surface area contributed by atoms with Gasteiger partial charge >= 0.3 is 36.4 Å². The van der Waals surface area contributed by atoms with Crippen LogP contribution in [0.25, 0.3) is 12.2 Å². The Morgan fingerprint density at radius 2 is 0.840 bits per heavy atom. The zero-order valence-corrected chi connectivity index (χ0v) is 28.8. The van der Waals surface area contributed by atoms with Crippen molar-refractivity contribution in [3.05, 3.63) is 53.6 Å². The molecule has 0 bridgehead atoms. The third-order valence-electron chi connectivity index (χ3n) is 6.24. The molecule has 0 heterocycles. The molecule has 0 fully saturated rings. The van der Waals surface area contributed by atoms with E-state index in [1.54, 1.807) is 57.2 Å². The molecule has 0 N–H and O–H groups in total. The van der Waals surface area contributed by atoms with Crippen molar-refractivity contribution in [3.63, 3.8) is 0 Å². The van der Waals surface area contributed by atoms with E-state index >= 15 is 0 Å². The fraction of sp³-hybridized carbons (Fsp3) is 0.429. The summed E-state index contributed by atoms with van der Waals surface area (Å²) in [6.45, 7) is 8.89. The first kappa shape index (κ1) is 40.6. The van der Waals surface area contributed by atoms with Crippen molar-refractivity contribution in [1.82, 2.24) is 0 Å². The van der Waals surface area contributed by atoms with E-state index in [-0.39, 0.29) is 49.9 Å². The Labute approximate surface area is 289 Å². The van der Waals surface area contributed by atoms with Gasteiger partial charge < -0.3 is 42.6 Å². The highest BCUT2D eigenvalue weighted by atomic mass is 16.7. The highest BCUT2D eigenvalue weighted by Crippen LogP contribution is 2.26. The first-order valence-electron chi connectivity index (χ1n) is 15.7. The number of benzene rings is 2. The second-order valence-electron chi connectivity index (χ2n) is 10.9. The van der Waals surface area contributed by atoms with Crippen LogP contribution in [0.3, 0.4) is 0 Å². The maximum atomic E-state index is 12.5. The van der Waals surface area contributed by atoms with Crippen molar-refractivity contribution in [2.45, 2.75) is 79.1 Å². The minimum absolute atomic E-state index is 0.0145. The quantitative estimate of drug-likeness (QED) is 0.0759. The Hall–Kier alpha value is -5.60. The van der Waals surface area contributed by atoms with Gasteiger partial charge in [0, 0.05) is 46.1 Å². The first-order valence-corrected chi connectivity index (χ1v) is 15.7. The molecular formula is C35H42O15. The van der Waals surface area contributed by atoms with E-state index in [4.69, 9.17) is 42.6 Å². The number of carbonyl (C=O) groups excluding carboxylic acids is 6. The Morgan fingerprint density at radius 1 is 0.500 bits per heavy atom. The van der Waals surface area contributed by atoms with E-state index in [0.29, 0.717) is 17.5 Å². The molecule has 2 rings (SSSR count). The number of esters is 3. The molecule has 0 saturated carbocycles. The van der Waals surface area contributed by atoms with Crippen molar-refractivity contribution in [1.29, 1.82) is 0 Å². The molecule has 0 aliphatic rings. The molecule has 15 heteroatoms. The minimum atomic E-state index is -1.04. The third-order valence-corrected chi connectivity index (χ3v) is 6.24. The molecule has 15 nitrogen and oxygen atoms in total. The number of rotatable bonds is 17. The lowest BCUT2D eigenvalue weighted by Gasteiger charge is -2.15. The molecule has 3 unspecified atom stereocenters. The third kappa shape index (κ3) is 18.1. The van der Waals surface area contributed by atoms with Gasteiger partial charge in [-0.15, -0.1) is 0 Å². The zero-order valence-electron chi connectivity index (χ0n) is 28.8. The summed E-state index contributed by atoms with van der Waals surface area (Å²) >= 11 is 0. The molecule has 272 valence electrons. The van der Waals surface area contributed by atoms with Crippen molar-refractivity contribution < 1.29 is 71.4 Å². The second kappa shape index (κ2) is 21.4. The summed E-state index contributed by atoms with van der Waals surface area (Å²) in [5.74, 6) is -1.15. The minimum Gasteiger partial charge on any atom is -0.466 e. The summed E-state index contributed by atoms with van der Waals surface area (Å²) < 4.78 is 46.0. The Kier molecular flexibility index (Phi) is 17.4. The molecule has 0 aromatic heterocycles. The van der Waals surface area contributed by atoms with Crippen LogP contribution >= 0.6 is 0 Å². The Bertz CT molecular complexity index is 1420. The molecule has 0 aliphatic heterocycles. The highest BCUT2D eigenvalue weighted by molar-refractivity contribution is 5.74. The van der Waals surface area contributed by atoms with E-state index < -0.39 is 54.7 Å². The van der Waals surface area contributed by atoms with Gasteiger partial charge in [-0.05, 0) is 56.2 Å². The normalized spacial score (nSPS) is 12.4. The molecule has 0 spiro atoms. The van der Waals surface area contributed by atoms with Crippen LogP contribution in [0, 0.1) is 0 Å². The number of carbonyl (C=O) groups is 6. The van der Waals surface area contributed by atoms with Gasteiger partial charge in [0.2, 0.25) is 0 Å². The maximum Gasteiger partial charge on any atom is 0.514 e. The van der Waals surface area contributed by atoms with E-state index in [9.17, 15) is 28.8 Å². The number of ether oxygens (including phenoxy) is 9. The lowest BCUT2D eigenvalue weighted by Crippen LogP contribution is -2.21. The van der Waals surface area contributed by atoms with Crippen molar-refractivity contribution in [2.75, 3.05) is 19.8 Å². The number of hydrogen-bond donors (Lipinski definition) is 0. The van der Waals surface area contributed by atoms with Crippen molar-refractivity contribution >= 4 is 48.5 Å². The Morgan fingerprint density at radius 3 is 1.20 bits per heavy atom. The molecule has 0 saturated heterocycles. The van der Waals surface area contributed by atoms with Crippen molar-refractivity contribution in [3.8, 4) is 17.2 Å². The van der Waals surface area contributed by atoms with Crippen molar-refractivity contribution in [2.24, 2.45) is 0 Å². The first-order chi connectivity index (χ1) is 23.7. The van der Waals surface area contributed by atoms with Crippen LogP contribution in [0.5, 0.6) is 17.2 Å². The van der Waals surface area contributed by atoms with E-state index in [0.717, 1.165) is 0 Å². The van der Waals surface area contributed by atoms with Crippen LogP contribution < -0.4 is 14.2 Å². The average Bonchev–Trinajstić information content (AvgIpc) is 2.99. The average molecular weight is 703 g/mol. The van der Waals surface area contributed by atoms with Crippen LogP contribution in [-0.4, -0.2) is 74.5 Å². The lowest BCUT2D eigenvalue weighted by atomic mass is 10.1. The summed E-state index contributed by atoms with van der Waals surface area (Å²) in [5, 5.41) is 0. The van der Waals surface area contributed by atoms with Gasteiger partial charge in [0.25, 0.3) is 0 Å². The zero-order chi connectivity index (χ0) is 37.1. The summed E-state index contributed by atoms with van der Waals surface area (Å²) in [6, 6.07) is 10.7. The highest BCUT2D eigenvalue weighted by Gasteiger charge is 2.17. The van der Waals surface area contributed by atoms with Crippen LogP contribution in [0.2, 0.25) is 0 Å². The fourth-order valence-corrected chi connectivity index (χ4v) is 3.78. The Balaban J connectivity index is 2.11. The molecule has 0 amide bonds. The SMILES string of the molecule is CC(=O)OCCC(C)OC(=O)Oc1ccc(/C=C/c2cc(OC(=O)OC(C)CCOC(C)=O)cc(OC(=O)OC(C)CCOC(C)=O)c2)cc1. The van der Waals surface area contributed by atoms with Gasteiger partial charge in [0.1, 0.15) is 35.6 Å². The van der Waals surface area contributed by atoms with E-state index in [1.165, 1.54) is 39.0 Å². The van der Waals surface area contributed by atoms with E-state index in [1.807, 2.05) is 0 Å². The second-order valence-corrected chi connectivity index (χ2v) is 10.9. The predicted molar refractivity (Wildman–Crippen MR) is 175 cm³/mol. The molecule has 0 aliphatic carbocycles. The summed E-state index contributed by atoms with van der Waals surface area (Å²) in [4.78, 5) is 69.9. The van der Waals surface area contributed by atoms with Gasteiger partial charge in [-0.3, -0.25) is 14.4 Å². The van der Waals surface area contributed by atoms with Gasteiger partial charge in [0.05, 0.1) is 19.8 Å². The summed E-state index contributed by atoms with van der Waals surface area (Å²) in [5.41, 5.74) is 1.15. The topological polar surface area (TPSA) is 185 Å². The van der Waals surface area contributed by atoms with Gasteiger partial charge in [0.15, 0.2) is 0 Å². The van der Waals surface area contributed by atoms with Crippen LogP contribution in [0.15, 0.2) is 42.5 Å². The van der Waals surface area contributed by atoms with Gasteiger partial charge in [-0.1, -0.05) is 24.3 Å². The molecule has 0 radical (unpaired) electrons. The van der Waals surface area contributed by atoms with E-state index in [2.05, 4.69) is 0 Å². The monoisotopic (exact) mass is 702 g/mol. The summed E-state index contributed by atoms with van der Waals surface area (Å²) in [6.07, 6.45) is -0.638. The molecule has 3 atom stereocenters. The molecule has 2 aromatic rings. The molecule has 2 aromatic carbocycles. The van der Waals surface area contributed by atoms with Crippen LogP contribution in [0.4, 0.5) is 14.4 Å². The van der Waals surface area contributed by atoms with Crippen LogP contribution in [-0.2, 0) is 42.8 Å². The smallest absolute Gasteiger partial charge is 0.466 e. The molecular weight excluding hydrogens is 660 g/mol. The summed E-state index contributed by atoms with van der Waals surface area (Å²) in [7, 11) is 0. The lowest BCUT2D eigenvalue weighted by molar-refractivity contribution is -0.142. The predicted octanol–water partition coefficient (Wildman–Crippen LogP) is 6.43. The van der Waals surface area contributed by atoms with Gasteiger partial charge in [-0.2, -0.15) is 0 Å². The van der Waals surface area contributed by atoms with Crippen LogP contribution in [0.1, 0.15) is 71.9 Å². The molecule has 50 heavy (non-hydrogen) atoms. The largest absolute Gasteiger partial charge is 0.514 e. The number of hydrogen-bond acceptors (Lipinski definition) is 15. The fourth-order valence-electron chi connectivity index (χ4n) is 3.78. The standard InChI is InChI=1S/C35H42O15/c1-22(13-16-42-25(4)36)45-33(39)48-30-11-9-28(10-12-30)7-8-29-19-31(49-34(40)46-23(2)14-17-43-26(5)37)21-32(20-29)50-35(41)47-24(3)15-18-44-27(6)38/h7-12,19-24H,13-18H2,1-6H3/b8-7+.